The number of sulfonamides is 1. The van der Waals surface area contributed by atoms with Crippen molar-refractivity contribution in [3.8, 4) is 11.5 Å². The van der Waals surface area contributed by atoms with E-state index < -0.39 is 10.0 Å². The highest BCUT2D eigenvalue weighted by atomic mass is 32.2. The highest BCUT2D eigenvalue weighted by molar-refractivity contribution is 7.92. The summed E-state index contributed by atoms with van der Waals surface area (Å²) in [6, 6.07) is 20.4. The van der Waals surface area contributed by atoms with Gasteiger partial charge in [0.2, 0.25) is 0 Å². The first-order valence-electron chi connectivity index (χ1n) is 11.0. The molecule has 34 heavy (non-hydrogen) atoms. The largest absolute Gasteiger partial charge is 0.497 e. The average Bonchev–Trinajstić information content (AvgIpc) is 2.86. The second-order valence-corrected chi connectivity index (χ2v) is 9.96. The van der Waals surface area contributed by atoms with Crippen molar-refractivity contribution in [2.45, 2.75) is 24.7 Å². The minimum atomic E-state index is -3.74. The molecule has 0 aliphatic rings. The molecule has 0 aliphatic carbocycles. The zero-order valence-electron chi connectivity index (χ0n) is 19.8. The molecule has 0 aromatic heterocycles. The first-order chi connectivity index (χ1) is 16.2. The summed E-state index contributed by atoms with van der Waals surface area (Å²) < 4.78 is 37.9. The van der Waals surface area contributed by atoms with Crippen molar-refractivity contribution in [2.75, 3.05) is 31.6 Å². The zero-order chi connectivity index (χ0) is 24.7. The normalized spacial score (nSPS) is 11.2. The van der Waals surface area contributed by atoms with Crippen molar-refractivity contribution >= 4 is 21.6 Å². The van der Waals surface area contributed by atoms with Crippen molar-refractivity contribution in [3.05, 3.63) is 83.9 Å². The number of hydrogen-bond acceptors (Lipinski definition) is 5. The number of carbonyl (C=O) groups is 1. The van der Waals surface area contributed by atoms with Crippen LogP contribution < -0.4 is 19.1 Å². The molecule has 0 heterocycles. The van der Waals surface area contributed by atoms with Crippen LogP contribution in [0.4, 0.5) is 5.69 Å². The summed E-state index contributed by atoms with van der Waals surface area (Å²) in [5.41, 5.74) is 2.00. The van der Waals surface area contributed by atoms with E-state index in [0.29, 0.717) is 36.1 Å². The molecule has 3 aromatic carbocycles. The van der Waals surface area contributed by atoms with E-state index in [2.05, 4.69) is 19.2 Å². The highest BCUT2D eigenvalue weighted by Gasteiger charge is 2.21. The lowest BCUT2D eigenvalue weighted by Crippen LogP contribution is -2.29. The molecule has 8 heteroatoms. The van der Waals surface area contributed by atoms with Gasteiger partial charge < -0.3 is 14.8 Å². The van der Waals surface area contributed by atoms with E-state index in [9.17, 15) is 13.2 Å². The Kier molecular flexibility index (Phi) is 8.17. The molecule has 0 saturated carbocycles. The van der Waals surface area contributed by atoms with Gasteiger partial charge in [-0.25, -0.2) is 8.42 Å². The highest BCUT2D eigenvalue weighted by Crippen LogP contribution is 2.26. The predicted molar refractivity (Wildman–Crippen MR) is 133 cm³/mol. The third-order valence-corrected chi connectivity index (χ3v) is 7.20. The lowest BCUT2D eigenvalue weighted by Gasteiger charge is -2.20. The van der Waals surface area contributed by atoms with Crippen LogP contribution in [0.2, 0.25) is 0 Å². The molecule has 180 valence electrons. The molecule has 0 saturated heterocycles. The first-order valence-corrected chi connectivity index (χ1v) is 12.4. The minimum absolute atomic E-state index is 0.150. The van der Waals surface area contributed by atoms with Crippen LogP contribution in [0.25, 0.3) is 0 Å². The SMILES string of the molecule is COc1ccc(S(=O)(=O)N(C)c2ccc(C(=O)NCCOc3ccccc3C(C)C)cc2)cc1. The monoisotopic (exact) mass is 482 g/mol. The molecule has 3 rings (SSSR count). The maximum absolute atomic E-state index is 12.9. The van der Waals surface area contributed by atoms with Crippen molar-refractivity contribution < 1.29 is 22.7 Å². The molecule has 3 aromatic rings. The van der Waals surface area contributed by atoms with E-state index in [4.69, 9.17) is 9.47 Å². The molecule has 0 bridgehead atoms. The van der Waals surface area contributed by atoms with Gasteiger partial charge in [0.1, 0.15) is 18.1 Å². The number of methoxy groups -OCH3 is 1. The fourth-order valence-corrected chi connectivity index (χ4v) is 4.58. The van der Waals surface area contributed by atoms with Crippen LogP contribution in [0.1, 0.15) is 35.7 Å². The van der Waals surface area contributed by atoms with Crippen LogP contribution in [0, 0.1) is 0 Å². The van der Waals surface area contributed by atoms with Gasteiger partial charge in [0, 0.05) is 12.6 Å². The van der Waals surface area contributed by atoms with Gasteiger partial charge in [-0.15, -0.1) is 0 Å². The lowest BCUT2D eigenvalue weighted by molar-refractivity contribution is 0.0947. The number of ether oxygens (including phenoxy) is 2. The van der Waals surface area contributed by atoms with Crippen molar-refractivity contribution in [1.82, 2.24) is 5.32 Å². The number of anilines is 1. The number of nitrogens with one attached hydrogen (secondary N) is 1. The van der Waals surface area contributed by atoms with E-state index >= 15 is 0 Å². The van der Waals surface area contributed by atoms with Crippen LogP contribution in [0.15, 0.2) is 77.7 Å². The Morgan fingerprint density at radius 3 is 2.24 bits per heavy atom. The molecule has 0 atom stereocenters. The lowest BCUT2D eigenvalue weighted by atomic mass is 10.0. The van der Waals surface area contributed by atoms with Crippen LogP contribution in [-0.4, -0.2) is 41.6 Å². The number of rotatable bonds is 10. The van der Waals surface area contributed by atoms with Crippen molar-refractivity contribution in [3.63, 3.8) is 0 Å². The van der Waals surface area contributed by atoms with Crippen LogP contribution in [0.5, 0.6) is 11.5 Å². The number of para-hydroxylation sites is 1. The summed E-state index contributed by atoms with van der Waals surface area (Å²) in [6.07, 6.45) is 0. The third-order valence-electron chi connectivity index (χ3n) is 5.40. The maximum atomic E-state index is 12.9. The fraction of sp³-hybridized carbons (Fsp3) is 0.269. The van der Waals surface area contributed by atoms with Crippen LogP contribution >= 0.6 is 0 Å². The molecule has 7 nitrogen and oxygen atoms in total. The van der Waals surface area contributed by atoms with Crippen molar-refractivity contribution in [1.29, 1.82) is 0 Å². The van der Waals surface area contributed by atoms with Gasteiger partial charge in [-0.05, 0) is 66.1 Å². The number of nitrogens with zero attached hydrogens (tertiary/aromatic N) is 1. The van der Waals surface area contributed by atoms with E-state index in [1.807, 2.05) is 24.3 Å². The van der Waals surface area contributed by atoms with Gasteiger partial charge in [0.25, 0.3) is 15.9 Å². The Labute approximate surface area is 201 Å². The molecule has 1 N–H and O–H groups in total. The summed E-state index contributed by atoms with van der Waals surface area (Å²) >= 11 is 0. The first kappa shape index (κ1) is 25.1. The molecule has 0 spiro atoms. The Morgan fingerprint density at radius 1 is 0.971 bits per heavy atom. The van der Waals surface area contributed by atoms with E-state index in [-0.39, 0.29) is 10.8 Å². The standard InChI is InChI=1S/C26H30N2O5S/c1-19(2)24-7-5-6-8-25(24)33-18-17-27-26(29)20-9-11-21(12-10-20)28(3)34(30,31)23-15-13-22(32-4)14-16-23/h5-16,19H,17-18H2,1-4H3,(H,27,29). The second-order valence-electron chi connectivity index (χ2n) is 7.99. The number of hydrogen-bond donors (Lipinski definition) is 1. The summed E-state index contributed by atoms with van der Waals surface area (Å²) in [5, 5.41) is 2.83. The molecule has 0 aliphatic heterocycles. The second kappa shape index (κ2) is 11.1. The maximum Gasteiger partial charge on any atom is 0.264 e. The van der Waals surface area contributed by atoms with Gasteiger partial charge in [0.05, 0.1) is 24.2 Å². The van der Waals surface area contributed by atoms with Crippen LogP contribution in [0.3, 0.4) is 0 Å². The van der Waals surface area contributed by atoms with Gasteiger partial charge in [-0.3, -0.25) is 9.10 Å². The van der Waals surface area contributed by atoms with E-state index in [1.165, 1.54) is 30.6 Å². The predicted octanol–water partition coefficient (Wildman–Crippen LogP) is 4.45. The molecule has 0 fully saturated rings. The number of amides is 1. The summed E-state index contributed by atoms with van der Waals surface area (Å²) in [7, 11) is -0.750. The Morgan fingerprint density at radius 2 is 1.62 bits per heavy atom. The van der Waals surface area contributed by atoms with Gasteiger partial charge in [-0.1, -0.05) is 32.0 Å². The molecular formula is C26H30N2O5S. The zero-order valence-corrected chi connectivity index (χ0v) is 20.6. The van der Waals surface area contributed by atoms with Crippen molar-refractivity contribution in [2.24, 2.45) is 0 Å². The molecular weight excluding hydrogens is 452 g/mol. The minimum Gasteiger partial charge on any atom is -0.497 e. The third kappa shape index (κ3) is 5.88. The number of carbonyl (C=O) groups excluding carboxylic acids is 1. The molecule has 0 unspecified atom stereocenters. The Bertz CT molecular complexity index is 1210. The average molecular weight is 483 g/mol. The van der Waals surface area contributed by atoms with Gasteiger partial charge >= 0.3 is 0 Å². The number of benzene rings is 3. The summed E-state index contributed by atoms with van der Waals surface area (Å²) in [5.74, 6) is 1.48. The van der Waals surface area contributed by atoms with E-state index in [1.54, 1.807) is 36.4 Å². The van der Waals surface area contributed by atoms with Crippen LogP contribution in [-0.2, 0) is 10.0 Å². The molecule has 1 amide bonds. The molecule has 0 radical (unpaired) electrons. The van der Waals surface area contributed by atoms with Gasteiger partial charge in [0.15, 0.2) is 0 Å². The van der Waals surface area contributed by atoms with E-state index in [0.717, 1.165) is 11.3 Å². The summed E-state index contributed by atoms with van der Waals surface area (Å²) in [6.45, 7) is 4.90. The smallest absolute Gasteiger partial charge is 0.264 e. The Hall–Kier alpha value is -3.52. The Balaban J connectivity index is 1.57. The summed E-state index contributed by atoms with van der Waals surface area (Å²) in [4.78, 5) is 12.6. The topological polar surface area (TPSA) is 84.9 Å². The quantitative estimate of drug-likeness (QED) is 0.432. The van der Waals surface area contributed by atoms with Gasteiger partial charge in [-0.2, -0.15) is 0 Å². The fourth-order valence-electron chi connectivity index (χ4n) is 3.38.